The van der Waals surface area contributed by atoms with Gasteiger partial charge in [0, 0.05) is 6.42 Å². The van der Waals surface area contributed by atoms with E-state index in [4.69, 9.17) is 16.4 Å². The van der Waals surface area contributed by atoms with Crippen LogP contribution in [0.5, 0.6) is 0 Å². The predicted octanol–water partition coefficient (Wildman–Crippen LogP) is 3.64. The Kier molecular flexibility index (Phi) is 4.04. The average Bonchev–Trinajstić information content (AvgIpc) is 2.86. The van der Waals surface area contributed by atoms with Crippen LogP contribution >= 0.6 is 11.6 Å². The third-order valence-electron chi connectivity index (χ3n) is 3.06. The number of ketones is 1. The summed E-state index contributed by atoms with van der Waals surface area (Å²) in [4.78, 5) is 16.5. The molecule has 0 fully saturated rings. The molecule has 2 rings (SSSR count). The van der Waals surface area contributed by atoms with E-state index in [1.165, 1.54) is 6.07 Å². The van der Waals surface area contributed by atoms with Crippen LogP contribution in [0, 0.1) is 6.92 Å². The fraction of sp³-hybridized carbons (Fsp3) is 0.385. The molecular weight excluding hydrogens is 295 g/mol. The molecule has 1 aliphatic rings. The zero-order valence-electron chi connectivity index (χ0n) is 10.5. The van der Waals surface area contributed by atoms with E-state index in [0.29, 0.717) is 11.1 Å². The van der Waals surface area contributed by atoms with E-state index in [0.717, 1.165) is 12.1 Å². The molecule has 0 amide bonds. The molecule has 0 spiro atoms. The van der Waals surface area contributed by atoms with Gasteiger partial charge in [-0.2, -0.15) is 13.2 Å². The Morgan fingerprint density at radius 2 is 2.20 bits per heavy atom. The zero-order valence-corrected chi connectivity index (χ0v) is 11.3. The first kappa shape index (κ1) is 14.8. The number of benzene rings is 1. The standard InChI is InChI=1S/C13H11ClF3NO2/c1-7-4-8(13(15,16)17)2-3-9(7)12-5-10(18-20-12)11(19)6-14/h2-4,12H,5-6H2,1H3. The van der Waals surface area contributed by atoms with Crippen molar-refractivity contribution in [1.29, 1.82) is 0 Å². The van der Waals surface area contributed by atoms with E-state index < -0.39 is 17.8 Å². The number of carbonyl (C=O) groups excluding carboxylic acids is 1. The second-order valence-electron chi connectivity index (χ2n) is 4.46. The molecule has 1 aliphatic heterocycles. The fourth-order valence-corrected chi connectivity index (χ4v) is 2.15. The minimum Gasteiger partial charge on any atom is -0.387 e. The SMILES string of the molecule is Cc1cc(C(F)(F)F)ccc1C1CC(C(=O)CCl)=NO1. The van der Waals surface area contributed by atoms with Gasteiger partial charge in [-0.05, 0) is 30.2 Å². The molecule has 0 aromatic heterocycles. The summed E-state index contributed by atoms with van der Waals surface area (Å²) in [7, 11) is 0. The van der Waals surface area contributed by atoms with Crippen molar-refractivity contribution in [3.05, 3.63) is 34.9 Å². The van der Waals surface area contributed by atoms with E-state index in [2.05, 4.69) is 5.16 Å². The van der Waals surface area contributed by atoms with Crippen molar-refractivity contribution in [2.24, 2.45) is 5.16 Å². The lowest BCUT2D eigenvalue weighted by molar-refractivity contribution is -0.137. The van der Waals surface area contributed by atoms with Crippen LogP contribution in [0.15, 0.2) is 23.4 Å². The number of oxime groups is 1. The Balaban J connectivity index is 2.18. The van der Waals surface area contributed by atoms with Crippen molar-refractivity contribution in [2.45, 2.75) is 25.6 Å². The number of alkyl halides is 4. The topological polar surface area (TPSA) is 38.7 Å². The van der Waals surface area contributed by atoms with Crippen LogP contribution in [0.25, 0.3) is 0 Å². The third-order valence-corrected chi connectivity index (χ3v) is 3.30. The first-order chi connectivity index (χ1) is 9.32. The van der Waals surface area contributed by atoms with Gasteiger partial charge in [0.15, 0.2) is 11.9 Å². The fourth-order valence-electron chi connectivity index (χ4n) is 2.00. The van der Waals surface area contributed by atoms with E-state index in [9.17, 15) is 18.0 Å². The van der Waals surface area contributed by atoms with Crippen molar-refractivity contribution in [3.8, 4) is 0 Å². The van der Waals surface area contributed by atoms with Crippen LogP contribution in [0.2, 0.25) is 0 Å². The highest BCUT2D eigenvalue weighted by Gasteiger charge is 2.32. The summed E-state index contributed by atoms with van der Waals surface area (Å²) in [5.41, 5.74) is 0.526. The molecule has 3 nitrogen and oxygen atoms in total. The molecule has 0 radical (unpaired) electrons. The number of hydrogen-bond donors (Lipinski definition) is 0. The Hall–Kier alpha value is -1.56. The quantitative estimate of drug-likeness (QED) is 0.800. The number of hydrogen-bond acceptors (Lipinski definition) is 3. The molecule has 1 aromatic carbocycles. The molecule has 1 unspecified atom stereocenters. The maximum Gasteiger partial charge on any atom is 0.416 e. The molecule has 20 heavy (non-hydrogen) atoms. The van der Waals surface area contributed by atoms with Gasteiger partial charge in [0.2, 0.25) is 0 Å². The van der Waals surface area contributed by atoms with Crippen LogP contribution in [-0.2, 0) is 15.8 Å². The van der Waals surface area contributed by atoms with Gasteiger partial charge in [-0.15, -0.1) is 11.6 Å². The van der Waals surface area contributed by atoms with Crippen molar-refractivity contribution in [3.63, 3.8) is 0 Å². The van der Waals surface area contributed by atoms with Crippen LogP contribution < -0.4 is 0 Å². The van der Waals surface area contributed by atoms with Gasteiger partial charge in [-0.3, -0.25) is 4.79 Å². The number of Topliss-reactive ketones (excluding diaryl/α,β-unsaturated/α-hetero) is 1. The second kappa shape index (κ2) is 5.44. The highest BCUT2D eigenvalue weighted by atomic mass is 35.5. The number of carbonyl (C=O) groups is 1. The molecule has 1 atom stereocenters. The van der Waals surface area contributed by atoms with Crippen LogP contribution in [0.3, 0.4) is 0 Å². The molecule has 0 aliphatic carbocycles. The van der Waals surface area contributed by atoms with Crippen molar-refractivity contribution in [2.75, 3.05) is 5.88 Å². The largest absolute Gasteiger partial charge is 0.416 e. The van der Waals surface area contributed by atoms with Crippen molar-refractivity contribution >= 4 is 23.1 Å². The molecular formula is C13H11ClF3NO2. The zero-order chi connectivity index (χ0) is 14.9. The maximum atomic E-state index is 12.6. The summed E-state index contributed by atoms with van der Waals surface area (Å²) in [6.45, 7) is 1.56. The Labute approximate surface area is 118 Å². The number of aryl methyl sites for hydroxylation is 1. The first-order valence-electron chi connectivity index (χ1n) is 5.82. The van der Waals surface area contributed by atoms with E-state index >= 15 is 0 Å². The minimum atomic E-state index is -4.38. The maximum absolute atomic E-state index is 12.6. The molecule has 7 heteroatoms. The van der Waals surface area contributed by atoms with Gasteiger partial charge in [0.1, 0.15) is 5.71 Å². The van der Waals surface area contributed by atoms with Gasteiger partial charge in [0.05, 0.1) is 11.4 Å². The summed E-state index contributed by atoms with van der Waals surface area (Å²) < 4.78 is 37.7. The van der Waals surface area contributed by atoms with Crippen LogP contribution in [0.4, 0.5) is 13.2 Å². The van der Waals surface area contributed by atoms with Crippen molar-refractivity contribution < 1.29 is 22.8 Å². The third kappa shape index (κ3) is 2.95. The molecule has 1 heterocycles. The summed E-state index contributed by atoms with van der Waals surface area (Å²) in [5, 5.41) is 3.64. The van der Waals surface area contributed by atoms with E-state index in [1.807, 2.05) is 0 Å². The number of nitrogens with zero attached hydrogens (tertiary/aromatic N) is 1. The average molecular weight is 306 g/mol. The van der Waals surface area contributed by atoms with E-state index in [-0.39, 0.29) is 23.8 Å². The first-order valence-corrected chi connectivity index (χ1v) is 6.36. The minimum absolute atomic E-state index is 0.194. The lowest BCUT2D eigenvalue weighted by atomic mass is 9.97. The summed E-state index contributed by atoms with van der Waals surface area (Å²) in [6, 6.07) is 3.40. The Morgan fingerprint density at radius 3 is 2.75 bits per heavy atom. The smallest absolute Gasteiger partial charge is 0.387 e. The highest BCUT2D eigenvalue weighted by Crippen LogP contribution is 2.34. The summed E-state index contributed by atoms with van der Waals surface area (Å²) in [6.07, 6.45) is -4.70. The van der Waals surface area contributed by atoms with Gasteiger partial charge in [-0.25, -0.2) is 0 Å². The molecule has 1 aromatic rings. The van der Waals surface area contributed by atoms with Crippen LogP contribution in [-0.4, -0.2) is 17.4 Å². The van der Waals surface area contributed by atoms with Crippen LogP contribution in [0.1, 0.15) is 29.2 Å². The monoisotopic (exact) mass is 305 g/mol. The normalized spacial score (nSPS) is 18.6. The highest BCUT2D eigenvalue weighted by molar-refractivity contribution is 6.49. The summed E-state index contributed by atoms with van der Waals surface area (Å²) in [5.74, 6) is -0.528. The lowest BCUT2D eigenvalue weighted by Crippen LogP contribution is -2.14. The van der Waals surface area contributed by atoms with Gasteiger partial charge < -0.3 is 4.84 Å². The van der Waals surface area contributed by atoms with Crippen molar-refractivity contribution in [1.82, 2.24) is 0 Å². The molecule has 108 valence electrons. The molecule has 0 N–H and O–H groups in total. The Morgan fingerprint density at radius 1 is 1.50 bits per heavy atom. The molecule has 0 bridgehead atoms. The number of rotatable bonds is 3. The molecule has 0 saturated heterocycles. The second-order valence-corrected chi connectivity index (χ2v) is 4.73. The lowest BCUT2D eigenvalue weighted by Gasteiger charge is -2.14. The number of halogens is 4. The summed E-state index contributed by atoms with van der Waals surface area (Å²) >= 11 is 5.42. The van der Waals surface area contributed by atoms with E-state index in [1.54, 1.807) is 6.92 Å². The molecule has 0 saturated carbocycles. The van der Waals surface area contributed by atoms with Gasteiger partial charge >= 0.3 is 6.18 Å². The predicted molar refractivity (Wildman–Crippen MR) is 67.8 cm³/mol. The van der Waals surface area contributed by atoms with Gasteiger partial charge in [0.25, 0.3) is 0 Å². The Bertz CT molecular complexity index is 569. The van der Waals surface area contributed by atoms with Gasteiger partial charge in [-0.1, -0.05) is 11.2 Å².